The van der Waals surface area contributed by atoms with E-state index in [2.05, 4.69) is 0 Å². The second-order valence-electron chi connectivity index (χ2n) is 1.99. The van der Waals surface area contributed by atoms with Gasteiger partial charge in [-0.3, -0.25) is 0 Å². The molecule has 44 valence electrons. The van der Waals surface area contributed by atoms with Crippen molar-refractivity contribution < 1.29 is 26.5 Å². The van der Waals surface area contributed by atoms with Crippen LogP contribution in [-0.2, 0) is 26.5 Å². The first-order valence-corrected chi connectivity index (χ1v) is 2.56. The average Bonchev–Trinajstić information content (AvgIpc) is 1.23. The van der Waals surface area contributed by atoms with E-state index in [1.807, 2.05) is 0 Å². The van der Waals surface area contributed by atoms with E-state index in [1.54, 1.807) is 0 Å². The van der Waals surface area contributed by atoms with E-state index in [0.717, 1.165) is 19.3 Å². The van der Waals surface area contributed by atoms with Crippen molar-refractivity contribution in [2.75, 3.05) is 0 Å². The summed E-state index contributed by atoms with van der Waals surface area (Å²) in [6.45, 7) is 0. The van der Waals surface area contributed by atoms with Gasteiger partial charge in [-0.2, -0.15) is 0 Å². The molecular weight excluding hydrogens is 138 g/mol. The fourth-order valence-electron chi connectivity index (χ4n) is 0.670. The second kappa shape index (κ2) is 3.26. The molecule has 0 unspecified atom stereocenters. The van der Waals surface area contributed by atoms with Crippen LogP contribution >= 0.6 is 0 Å². The molecule has 0 aliphatic heterocycles. The molecule has 0 aromatic rings. The van der Waals surface area contributed by atoms with Gasteiger partial charge in [-0.1, -0.05) is 6.42 Å². The largest absolute Gasteiger partial charge is 0.668 e. The van der Waals surface area contributed by atoms with Crippen molar-refractivity contribution in [2.45, 2.75) is 19.3 Å². The molecule has 3 heteroatoms. The van der Waals surface area contributed by atoms with Crippen LogP contribution in [0.1, 0.15) is 19.3 Å². The van der Waals surface area contributed by atoms with E-state index in [0.29, 0.717) is 0 Å². The van der Waals surface area contributed by atoms with Crippen LogP contribution < -0.4 is 0 Å². The summed E-state index contributed by atoms with van der Waals surface area (Å²) in [4.78, 5) is 10.1. The van der Waals surface area contributed by atoms with Crippen LogP contribution in [0.15, 0.2) is 0 Å². The Labute approximate surface area is 63.7 Å². The summed E-state index contributed by atoms with van der Waals surface area (Å²) in [6, 6.07) is 0. The van der Waals surface area contributed by atoms with Crippen molar-refractivity contribution in [1.82, 2.24) is 0 Å². The number of hydrogen-bond acceptors (Lipinski definition) is 1. The van der Waals surface area contributed by atoms with Gasteiger partial charge in [0.25, 0.3) is 0 Å². The predicted molar refractivity (Wildman–Crippen MR) is 26.7 cm³/mol. The molecule has 1 rings (SSSR count). The molecule has 0 aromatic carbocycles. The number of carbonyl (C=O) groups excluding carboxylic acids is 1. The third-order valence-electron chi connectivity index (χ3n) is 1.48. The monoisotopic (exact) mass is 146 g/mol. The van der Waals surface area contributed by atoms with E-state index < -0.39 is 0 Å². The molecule has 2 nitrogen and oxygen atoms in total. The van der Waals surface area contributed by atoms with Gasteiger partial charge >= 0.3 is 0 Å². The molecule has 1 aliphatic carbocycles. The normalized spacial score (nSPS) is 18.5. The second-order valence-corrected chi connectivity index (χ2v) is 1.99. The average molecular weight is 146 g/mol. The van der Waals surface area contributed by atoms with Crippen molar-refractivity contribution in [3.63, 3.8) is 0 Å². The van der Waals surface area contributed by atoms with Crippen molar-refractivity contribution >= 4 is 5.91 Å². The first-order valence-electron chi connectivity index (χ1n) is 2.56. The van der Waals surface area contributed by atoms with Crippen molar-refractivity contribution in [2.24, 2.45) is 5.92 Å². The quantitative estimate of drug-likeness (QED) is 0.515. The van der Waals surface area contributed by atoms with Gasteiger partial charge in [0.1, 0.15) is 0 Å². The van der Waals surface area contributed by atoms with Crippen LogP contribution in [0.4, 0.5) is 0 Å². The van der Waals surface area contributed by atoms with Gasteiger partial charge in [-0.05, 0) is 12.8 Å². The molecule has 8 heavy (non-hydrogen) atoms. The maximum atomic E-state index is 10.1. The van der Waals surface area contributed by atoms with Gasteiger partial charge in [-0.25, -0.2) is 0 Å². The SMILES string of the molecule is [NH-]C(=O)C1CCC1.[Ti]. The summed E-state index contributed by atoms with van der Waals surface area (Å²) < 4.78 is 0. The van der Waals surface area contributed by atoms with Crippen molar-refractivity contribution in [3.05, 3.63) is 5.73 Å². The Hall–Kier alpha value is 0.184. The van der Waals surface area contributed by atoms with Gasteiger partial charge in [0.2, 0.25) is 0 Å². The fourth-order valence-corrected chi connectivity index (χ4v) is 0.670. The van der Waals surface area contributed by atoms with Crippen LogP contribution in [0.25, 0.3) is 5.73 Å². The molecule has 1 fully saturated rings. The van der Waals surface area contributed by atoms with Gasteiger partial charge in [0.05, 0.1) is 5.91 Å². The van der Waals surface area contributed by atoms with Gasteiger partial charge in [0.15, 0.2) is 0 Å². The zero-order chi connectivity index (χ0) is 5.28. The molecule has 0 atom stereocenters. The van der Waals surface area contributed by atoms with Crippen LogP contribution in [0.5, 0.6) is 0 Å². The molecule has 0 saturated heterocycles. The molecule has 0 bridgehead atoms. The van der Waals surface area contributed by atoms with E-state index in [1.165, 1.54) is 0 Å². The third kappa shape index (κ3) is 1.60. The van der Waals surface area contributed by atoms with Gasteiger partial charge < -0.3 is 10.5 Å². The fraction of sp³-hybridized carbons (Fsp3) is 0.800. The molecule has 1 saturated carbocycles. The third-order valence-corrected chi connectivity index (χ3v) is 1.48. The van der Waals surface area contributed by atoms with Crippen LogP contribution in [0, 0.1) is 5.92 Å². The summed E-state index contributed by atoms with van der Waals surface area (Å²) in [6.07, 6.45) is 3.07. The minimum atomic E-state index is -0.369. The molecular formula is C5H8NOTi-. The zero-order valence-corrected chi connectivity index (χ0v) is 6.17. The number of carbonyl (C=O) groups is 1. The van der Waals surface area contributed by atoms with Crippen LogP contribution in [-0.4, -0.2) is 5.91 Å². The summed E-state index contributed by atoms with van der Waals surface area (Å²) in [5.41, 5.74) is 6.60. The molecule has 0 heterocycles. The first-order chi connectivity index (χ1) is 3.30. The summed E-state index contributed by atoms with van der Waals surface area (Å²) in [5.74, 6) is -0.258. The van der Waals surface area contributed by atoms with Gasteiger partial charge in [0, 0.05) is 27.6 Å². The Morgan fingerprint density at radius 3 is 2.00 bits per heavy atom. The predicted octanol–water partition coefficient (Wildman–Crippen LogP) is 1.36. The maximum absolute atomic E-state index is 10.1. The number of nitrogens with one attached hydrogen (secondary N) is 1. The van der Waals surface area contributed by atoms with Crippen molar-refractivity contribution in [3.8, 4) is 0 Å². The summed E-state index contributed by atoms with van der Waals surface area (Å²) in [5, 5.41) is 0. The van der Waals surface area contributed by atoms with Crippen LogP contribution in [0.2, 0.25) is 0 Å². The minimum absolute atomic E-state index is 0. The minimum Gasteiger partial charge on any atom is -0.668 e. The zero-order valence-electron chi connectivity index (χ0n) is 4.61. The Morgan fingerprint density at radius 2 is 2.00 bits per heavy atom. The Kier molecular flexibility index (Phi) is 3.33. The molecule has 0 aromatic heterocycles. The molecule has 0 radical (unpaired) electrons. The standard InChI is InChI=1S/C5H9NO.Ti/c6-5(7)4-2-1-3-4;/h4H,1-3H2,(H2,6,7);/p-1. The number of hydrogen-bond donors (Lipinski definition) is 0. The Balaban J connectivity index is 0.000000490. The molecule has 1 amide bonds. The van der Waals surface area contributed by atoms with E-state index in [4.69, 9.17) is 5.73 Å². The smallest absolute Gasteiger partial charge is 0.0519 e. The van der Waals surface area contributed by atoms with Crippen LogP contribution in [0.3, 0.4) is 0 Å². The molecule has 1 N–H and O–H groups in total. The molecule has 0 spiro atoms. The van der Waals surface area contributed by atoms with E-state index in [-0.39, 0.29) is 33.5 Å². The maximum Gasteiger partial charge on any atom is 0.0519 e. The summed E-state index contributed by atoms with van der Waals surface area (Å²) >= 11 is 0. The first kappa shape index (κ1) is 8.18. The summed E-state index contributed by atoms with van der Waals surface area (Å²) in [7, 11) is 0. The van der Waals surface area contributed by atoms with Gasteiger partial charge in [-0.15, -0.1) is 0 Å². The number of amides is 1. The van der Waals surface area contributed by atoms with Crippen molar-refractivity contribution in [1.29, 1.82) is 0 Å². The van der Waals surface area contributed by atoms with E-state index in [9.17, 15) is 4.79 Å². The Morgan fingerprint density at radius 1 is 1.50 bits per heavy atom. The molecule has 1 aliphatic rings. The van der Waals surface area contributed by atoms with E-state index >= 15 is 0 Å². The number of rotatable bonds is 1. The Bertz CT molecular complexity index is 90.4. The topological polar surface area (TPSA) is 40.9 Å².